The number of unbranched alkanes of at least 4 members (excludes halogenated alkanes) is 2. The second-order valence-electron chi connectivity index (χ2n) is 6.30. The molecule has 0 heterocycles. The van der Waals surface area contributed by atoms with E-state index >= 15 is 0 Å². The van der Waals surface area contributed by atoms with Gasteiger partial charge in [-0.2, -0.15) is 0 Å². The van der Waals surface area contributed by atoms with Crippen molar-refractivity contribution in [1.82, 2.24) is 0 Å². The molecular formula is C21H28O4. The van der Waals surface area contributed by atoms with Crippen molar-refractivity contribution in [1.29, 1.82) is 0 Å². The molecule has 4 heteroatoms. The first-order chi connectivity index (χ1) is 12.2. The lowest BCUT2D eigenvalue weighted by atomic mass is 9.86. The largest absolute Gasteiger partial charge is 0.493 e. The minimum atomic E-state index is -0.129. The van der Waals surface area contributed by atoms with Crippen LogP contribution in [0, 0.1) is 0 Å². The number of ether oxygens (including phenoxy) is 2. The van der Waals surface area contributed by atoms with Gasteiger partial charge in [-0.3, -0.25) is 9.59 Å². The molecule has 0 aliphatic heterocycles. The number of carbonyl (C=O) groups is 2. The molecule has 136 valence electrons. The van der Waals surface area contributed by atoms with Crippen molar-refractivity contribution in [2.24, 2.45) is 0 Å². The Balaban J connectivity index is 1.88. The molecule has 1 aliphatic carbocycles. The maximum absolute atomic E-state index is 12.1. The number of carbonyl (C=O) groups excluding carboxylic acids is 2. The van der Waals surface area contributed by atoms with Crippen LogP contribution >= 0.6 is 0 Å². The van der Waals surface area contributed by atoms with Crippen LogP contribution in [0.5, 0.6) is 5.75 Å². The van der Waals surface area contributed by atoms with Crippen LogP contribution in [0.3, 0.4) is 0 Å². The Morgan fingerprint density at radius 2 is 2.08 bits per heavy atom. The van der Waals surface area contributed by atoms with Crippen LogP contribution in [0.2, 0.25) is 0 Å². The number of hydrogen-bond acceptors (Lipinski definition) is 4. The third kappa shape index (κ3) is 5.45. The van der Waals surface area contributed by atoms with E-state index in [1.165, 1.54) is 0 Å². The maximum Gasteiger partial charge on any atom is 0.305 e. The lowest BCUT2D eigenvalue weighted by molar-refractivity contribution is -0.143. The quantitative estimate of drug-likeness (QED) is 0.358. The highest BCUT2D eigenvalue weighted by atomic mass is 16.5. The van der Waals surface area contributed by atoms with Gasteiger partial charge in [-0.05, 0) is 63.1 Å². The predicted octanol–water partition coefficient (Wildman–Crippen LogP) is 4.44. The van der Waals surface area contributed by atoms with Crippen LogP contribution in [-0.2, 0) is 22.4 Å². The zero-order valence-corrected chi connectivity index (χ0v) is 15.1. The van der Waals surface area contributed by atoms with Gasteiger partial charge in [-0.1, -0.05) is 6.08 Å². The zero-order chi connectivity index (χ0) is 18.1. The number of Topliss-reactive ketones (excluding diaryl/α,β-unsaturated/α-hetero) is 1. The van der Waals surface area contributed by atoms with Crippen molar-refractivity contribution >= 4 is 11.8 Å². The van der Waals surface area contributed by atoms with Crippen LogP contribution in [0.15, 0.2) is 24.8 Å². The predicted molar refractivity (Wildman–Crippen MR) is 98.2 cm³/mol. The summed E-state index contributed by atoms with van der Waals surface area (Å²) in [5, 5.41) is 0. The molecule has 4 nitrogen and oxygen atoms in total. The van der Waals surface area contributed by atoms with Crippen molar-refractivity contribution in [2.75, 3.05) is 13.2 Å². The van der Waals surface area contributed by atoms with Gasteiger partial charge in [-0.15, -0.1) is 6.58 Å². The Hall–Kier alpha value is -2.10. The summed E-state index contributed by atoms with van der Waals surface area (Å²) in [6, 6.07) is 3.82. The van der Waals surface area contributed by atoms with Crippen molar-refractivity contribution in [3.05, 3.63) is 41.5 Å². The van der Waals surface area contributed by atoms with Gasteiger partial charge in [0.1, 0.15) is 5.75 Å². The Morgan fingerprint density at radius 1 is 1.24 bits per heavy atom. The molecular weight excluding hydrogens is 316 g/mol. The molecule has 0 saturated heterocycles. The van der Waals surface area contributed by atoms with Gasteiger partial charge in [0, 0.05) is 24.0 Å². The fraction of sp³-hybridized carbons (Fsp3) is 0.524. The molecule has 0 fully saturated rings. The van der Waals surface area contributed by atoms with Crippen molar-refractivity contribution < 1.29 is 19.1 Å². The maximum atomic E-state index is 12.1. The summed E-state index contributed by atoms with van der Waals surface area (Å²) >= 11 is 0. The fourth-order valence-electron chi connectivity index (χ4n) is 3.25. The van der Waals surface area contributed by atoms with E-state index < -0.39 is 0 Å². The van der Waals surface area contributed by atoms with E-state index in [1.54, 1.807) is 0 Å². The molecule has 25 heavy (non-hydrogen) atoms. The molecule has 0 unspecified atom stereocenters. The molecule has 2 rings (SSSR count). The molecule has 0 amide bonds. The van der Waals surface area contributed by atoms with E-state index in [4.69, 9.17) is 9.47 Å². The van der Waals surface area contributed by atoms with E-state index in [-0.39, 0.29) is 11.8 Å². The van der Waals surface area contributed by atoms with Gasteiger partial charge in [0.15, 0.2) is 5.78 Å². The summed E-state index contributed by atoms with van der Waals surface area (Å²) in [4.78, 5) is 23.4. The van der Waals surface area contributed by atoms with Crippen molar-refractivity contribution in [2.45, 2.75) is 58.3 Å². The van der Waals surface area contributed by atoms with E-state index in [2.05, 4.69) is 6.58 Å². The van der Waals surface area contributed by atoms with Gasteiger partial charge in [-0.25, -0.2) is 0 Å². The van der Waals surface area contributed by atoms with E-state index in [9.17, 15) is 9.59 Å². The number of hydrogen-bond donors (Lipinski definition) is 0. The Bertz CT molecular complexity index is 619. The second-order valence-corrected chi connectivity index (χ2v) is 6.30. The molecule has 0 bridgehead atoms. The third-order valence-electron chi connectivity index (χ3n) is 4.46. The first-order valence-electron chi connectivity index (χ1n) is 9.24. The summed E-state index contributed by atoms with van der Waals surface area (Å²) in [7, 11) is 0. The van der Waals surface area contributed by atoms with E-state index in [0.717, 1.165) is 54.5 Å². The van der Waals surface area contributed by atoms with Gasteiger partial charge in [0.25, 0.3) is 0 Å². The average Bonchev–Trinajstić information content (AvgIpc) is 2.60. The lowest BCUT2D eigenvalue weighted by Crippen LogP contribution is -2.14. The van der Waals surface area contributed by atoms with Gasteiger partial charge < -0.3 is 9.47 Å². The third-order valence-corrected chi connectivity index (χ3v) is 4.46. The number of esters is 1. The smallest absolute Gasteiger partial charge is 0.305 e. The lowest BCUT2D eigenvalue weighted by Gasteiger charge is -2.21. The summed E-state index contributed by atoms with van der Waals surface area (Å²) in [6.07, 6.45) is 8.17. The van der Waals surface area contributed by atoms with Crippen molar-refractivity contribution in [3.8, 4) is 5.75 Å². The van der Waals surface area contributed by atoms with Gasteiger partial charge in [0.2, 0.25) is 0 Å². The second kappa shape index (κ2) is 10.0. The highest BCUT2D eigenvalue weighted by Crippen LogP contribution is 2.32. The molecule has 1 aromatic carbocycles. The van der Waals surface area contributed by atoms with Gasteiger partial charge in [0.05, 0.1) is 13.2 Å². The molecule has 0 atom stereocenters. The number of benzene rings is 1. The first-order valence-corrected chi connectivity index (χ1v) is 9.24. The Morgan fingerprint density at radius 3 is 2.84 bits per heavy atom. The monoisotopic (exact) mass is 344 g/mol. The number of ketones is 1. The molecule has 0 saturated carbocycles. The standard InChI is InChI=1S/C21H28O4/c1-3-9-18-16-10-8-11-19(22)17(16)13-14-20(18)25-15-7-5-6-12-21(23)24-4-2/h3,13-14H,1,4-12,15H2,2H3. The summed E-state index contributed by atoms with van der Waals surface area (Å²) in [5.41, 5.74) is 3.09. The van der Waals surface area contributed by atoms with Crippen LogP contribution < -0.4 is 4.74 Å². The zero-order valence-electron chi connectivity index (χ0n) is 15.1. The fourth-order valence-corrected chi connectivity index (χ4v) is 3.25. The van der Waals surface area contributed by atoms with Crippen LogP contribution in [-0.4, -0.2) is 25.0 Å². The molecule has 1 aliphatic rings. The normalized spacial score (nSPS) is 13.2. The molecule has 0 radical (unpaired) electrons. The minimum absolute atomic E-state index is 0.129. The average molecular weight is 344 g/mol. The minimum Gasteiger partial charge on any atom is -0.493 e. The highest BCUT2D eigenvalue weighted by molar-refractivity contribution is 5.99. The topological polar surface area (TPSA) is 52.6 Å². The summed E-state index contributed by atoms with van der Waals surface area (Å²) < 4.78 is 10.9. The number of allylic oxidation sites excluding steroid dienone is 1. The van der Waals surface area contributed by atoms with Crippen molar-refractivity contribution in [3.63, 3.8) is 0 Å². The van der Waals surface area contributed by atoms with Crippen LogP contribution in [0.4, 0.5) is 0 Å². The molecule has 0 N–H and O–H groups in total. The van der Waals surface area contributed by atoms with Crippen LogP contribution in [0.25, 0.3) is 0 Å². The van der Waals surface area contributed by atoms with E-state index in [1.807, 2.05) is 25.1 Å². The van der Waals surface area contributed by atoms with Gasteiger partial charge >= 0.3 is 5.97 Å². The summed E-state index contributed by atoms with van der Waals surface area (Å²) in [6.45, 7) is 6.70. The SMILES string of the molecule is C=CCc1c(OCCCCCC(=O)OCC)ccc2c1CCCC2=O. The Kier molecular flexibility index (Phi) is 7.71. The summed E-state index contributed by atoms with van der Waals surface area (Å²) in [5.74, 6) is 0.965. The molecule has 0 spiro atoms. The Labute approximate surface area is 150 Å². The van der Waals surface area contributed by atoms with Crippen LogP contribution in [0.1, 0.15) is 66.9 Å². The number of fused-ring (bicyclic) bond motifs is 1. The molecule has 1 aromatic rings. The highest BCUT2D eigenvalue weighted by Gasteiger charge is 2.21. The first kappa shape index (κ1) is 19.2. The molecule has 0 aromatic heterocycles. The number of rotatable bonds is 10. The van der Waals surface area contributed by atoms with E-state index in [0.29, 0.717) is 32.5 Å².